The molecule has 0 radical (unpaired) electrons. The summed E-state index contributed by atoms with van der Waals surface area (Å²) >= 11 is 3.80. The molecule has 1 saturated carbocycles. The zero-order chi connectivity index (χ0) is 14.8. The molecule has 0 atom stereocenters. The van der Waals surface area contributed by atoms with Gasteiger partial charge in [-0.2, -0.15) is 5.10 Å². The summed E-state index contributed by atoms with van der Waals surface area (Å²) in [4.78, 5) is 0. The fourth-order valence-corrected chi connectivity index (χ4v) is 4.40. The summed E-state index contributed by atoms with van der Waals surface area (Å²) in [6.45, 7) is 7.19. The maximum absolute atomic E-state index is 4.28. The molecule has 1 aliphatic rings. The molecule has 2 nitrogen and oxygen atoms in total. The van der Waals surface area contributed by atoms with Gasteiger partial charge in [0.2, 0.25) is 0 Å². The lowest BCUT2D eigenvalue weighted by Gasteiger charge is -2.43. The van der Waals surface area contributed by atoms with Crippen LogP contribution in [0.3, 0.4) is 0 Å². The normalized spacial score (nSPS) is 27.8. The summed E-state index contributed by atoms with van der Waals surface area (Å²) in [6, 6.07) is 0. The van der Waals surface area contributed by atoms with Crippen LogP contribution >= 0.6 is 15.9 Å². The molecule has 0 N–H and O–H groups in total. The lowest BCUT2D eigenvalue weighted by molar-refractivity contribution is 0.0976. The molecule has 114 valence electrons. The van der Waals surface area contributed by atoms with Crippen LogP contribution in [0.5, 0.6) is 0 Å². The molecule has 1 aromatic rings. The Hall–Kier alpha value is -0.310. The van der Waals surface area contributed by atoms with Crippen molar-refractivity contribution >= 4 is 15.9 Å². The van der Waals surface area contributed by atoms with E-state index >= 15 is 0 Å². The number of halogens is 1. The van der Waals surface area contributed by atoms with Gasteiger partial charge in [-0.1, -0.05) is 36.7 Å². The van der Waals surface area contributed by atoms with Crippen LogP contribution in [0, 0.1) is 16.7 Å². The standard InChI is InChI=1S/C17H29BrN2/c1-16(2,3)15-6-9-17(13-18,10-7-15)8-5-14-11-19-20(4)12-14/h11-12,15H,5-10,13H2,1-4H3. The minimum Gasteiger partial charge on any atom is -0.276 e. The molecule has 1 aliphatic carbocycles. The molecule has 0 amide bonds. The molecule has 0 spiro atoms. The van der Waals surface area contributed by atoms with E-state index in [2.05, 4.69) is 48.0 Å². The number of aromatic nitrogens is 2. The molecule has 1 fully saturated rings. The Bertz CT molecular complexity index is 422. The number of aryl methyl sites for hydroxylation is 2. The predicted molar refractivity (Wildman–Crippen MR) is 89.2 cm³/mol. The molecule has 1 heterocycles. The van der Waals surface area contributed by atoms with Gasteiger partial charge in [-0.25, -0.2) is 0 Å². The van der Waals surface area contributed by atoms with Gasteiger partial charge in [-0.3, -0.25) is 4.68 Å². The second-order valence-corrected chi connectivity index (χ2v) is 8.36. The monoisotopic (exact) mass is 340 g/mol. The first kappa shape index (κ1) is 16.1. The predicted octanol–water partition coefficient (Wildman–Crippen LogP) is 4.97. The largest absolute Gasteiger partial charge is 0.276 e. The SMILES string of the molecule is Cn1cc(CCC2(CBr)CCC(C(C)(C)C)CC2)cn1. The number of hydrogen-bond acceptors (Lipinski definition) is 1. The van der Waals surface area contributed by atoms with E-state index in [1.165, 1.54) is 44.1 Å². The average Bonchev–Trinajstić information content (AvgIpc) is 2.82. The third kappa shape index (κ3) is 3.87. The van der Waals surface area contributed by atoms with E-state index in [1.807, 2.05) is 17.9 Å². The minimum atomic E-state index is 0.474. The van der Waals surface area contributed by atoms with E-state index < -0.39 is 0 Å². The first-order valence-corrected chi connectivity index (χ1v) is 9.00. The van der Waals surface area contributed by atoms with E-state index in [0.29, 0.717) is 10.8 Å². The van der Waals surface area contributed by atoms with Crippen molar-refractivity contribution in [3.63, 3.8) is 0 Å². The smallest absolute Gasteiger partial charge is 0.0521 e. The molecule has 0 saturated heterocycles. The topological polar surface area (TPSA) is 17.8 Å². The highest BCUT2D eigenvalue weighted by Crippen LogP contribution is 2.48. The molecule has 0 unspecified atom stereocenters. The van der Waals surface area contributed by atoms with Crippen LogP contribution in [0.4, 0.5) is 0 Å². The Morgan fingerprint density at radius 2 is 2.00 bits per heavy atom. The van der Waals surface area contributed by atoms with Gasteiger partial charge < -0.3 is 0 Å². The van der Waals surface area contributed by atoms with E-state index in [0.717, 1.165) is 11.2 Å². The maximum atomic E-state index is 4.28. The molecule has 20 heavy (non-hydrogen) atoms. The van der Waals surface area contributed by atoms with Crippen LogP contribution in [0.25, 0.3) is 0 Å². The minimum absolute atomic E-state index is 0.474. The zero-order valence-corrected chi connectivity index (χ0v) is 15.0. The average molecular weight is 341 g/mol. The first-order valence-electron chi connectivity index (χ1n) is 7.88. The van der Waals surface area contributed by atoms with Gasteiger partial charge in [-0.05, 0) is 60.8 Å². The summed E-state index contributed by atoms with van der Waals surface area (Å²) in [7, 11) is 2.00. The number of rotatable bonds is 4. The Labute approximate surface area is 132 Å². The van der Waals surface area contributed by atoms with Crippen LogP contribution in [0.1, 0.15) is 58.4 Å². The van der Waals surface area contributed by atoms with Gasteiger partial charge in [0.05, 0.1) is 6.20 Å². The molecular formula is C17H29BrN2. The highest BCUT2D eigenvalue weighted by Gasteiger charge is 2.37. The van der Waals surface area contributed by atoms with Crippen molar-refractivity contribution in [2.75, 3.05) is 5.33 Å². The van der Waals surface area contributed by atoms with Crippen LogP contribution in [0.2, 0.25) is 0 Å². The van der Waals surface area contributed by atoms with Crippen LogP contribution < -0.4 is 0 Å². The van der Waals surface area contributed by atoms with Crippen molar-refractivity contribution < 1.29 is 0 Å². The molecule has 0 bridgehead atoms. The van der Waals surface area contributed by atoms with E-state index in [-0.39, 0.29) is 0 Å². The maximum Gasteiger partial charge on any atom is 0.0521 e. The highest BCUT2D eigenvalue weighted by atomic mass is 79.9. The van der Waals surface area contributed by atoms with Crippen molar-refractivity contribution in [1.82, 2.24) is 9.78 Å². The summed E-state index contributed by atoms with van der Waals surface area (Å²) in [5.41, 5.74) is 2.37. The lowest BCUT2D eigenvalue weighted by Crippen LogP contribution is -2.34. The number of nitrogens with zero attached hydrogens (tertiary/aromatic N) is 2. The molecule has 2 rings (SSSR count). The number of hydrogen-bond donors (Lipinski definition) is 0. The Kier molecular flexibility index (Phi) is 4.99. The van der Waals surface area contributed by atoms with Crippen molar-refractivity contribution in [2.24, 2.45) is 23.8 Å². The Balaban J connectivity index is 1.91. The van der Waals surface area contributed by atoms with E-state index in [4.69, 9.17) is 0 Å². The van der Waals surface area contributed by atoms with E-state index in [9.17, 15) is 0 Å². The van der Waals surface area contributed by atoms with Crippen LogP contribution in [0.15, 0.2) is 12.4 Å². The second-order valence-electron chi connectivity index (χ2n) is 7.80. The Morgan fingerprint density at radius 1 is 1.35 bits per heavy atom. The molecule has 3 heteroatoms. The van der Waals surface area contributed by atoms with Crippen molar-refractivity contribution in [3.8, 4) is 0 Å². The van der Waals surface area contributed by atoms with Gasteiger partial charge in [0.1, 0.15) is 0 Å². The number of alkyl halides is 1. The van der Waals surface area contributed by atoms with Gasteiger partial charge in [0.15, 0.2) is 0 Å². The molecule has 0 aromatic carbocycles. The van der Waals surface area contributed by atoms with Crippen molar-refractivity contribution in [2.45, 2.75) is 59.3 Å². The fourth-order valence-electron chi connectivity index (χ4n) is 3.56. The van der Waals surface area contributed by atoms with Crippen LogP contribution in [-0.2, 0) is 13.5 Å². The summed E-state index contributed by atoms with van der Waals surface area (Å²) in [5, 5.41) is 5.43. The second kappa shape index (κ2) is 6.21. The van der Waals surface area contributed by atoms with Gasteiger partial charge >= 0.3 is 0 Å². The van der Waals surface area contributed by atoms with Crippen LogP contribution in [-0.4, -0.2) is 15.1 Å². The molecular weight excluding hydrogens is 312 g/mol. The van der Waals surface area contributed by atoms with Crippen molar-refractivity contribution in [1.29, 1.82) is 0 Å². The zero-order valence-electron chi connectivity index (χ0n) is 13.5. The lowest BCUT2D eigenvalue weighted by atomic mass is 9.63. The fraction of sp³-hybridized carbons (Fsp3) is 0.824. The van der Waals surface area contributed by atoms with Gasteiger partial charge in [-0.15, -0.1) is 0 Å². The van der Waals surface area contributed by atoms with Gasteiger partial charge in [0, 0.05) is 18.6 Å². The van der Waals surface area contributed by atoms with Gasteiger partial charge in [0.25, 0.3) is 0 Å². The third-order valence-electron chi connectivity index (χ3n) is 5.26. The molecule has 0 aliphatic heterocycles. The Morgan fingerprint density at radius 3 is 2.45 bits per heavy atom. The summed E-state index contributed by atoms with van der Waals surface area (Å²) in [6.07, 6.45) is 12.2. The third-order valence-corrected chi connectivity index (χ3v) is 6.45. The summed E-state index contributed by atoms with van der Waals surface area (Å²) in [5.74, 6) is 0.896. The van der Waals surface area contributed by atoms with Crippen molar-refractivity contribution in [3.05, 3.63) is 18.0 Å². The van der Waals surface area contributed by atoms with E-state index in [1.54, 1.807) is 0 Å². The first-order chi connectivity index (χ1) is 9.35. The summed E-state index contributed by atoms with van der Waals surface area (Å²) < 4.78 is 1.91. The quantitative estimate of drug-likeness (QED) is 0.707. The highest BCUT2D eigenvalue weighted by molar-refractivity contribution is 9.09. The molecule has 1 aromatic heterocycles.